The van der Waals surface area contributed by atoms with Gasteiger partial charge in [-0.05, 0) is 20.8 Å². The summed E-state index contributed by atoms with van der Waals surface area (Å²) in [5.41, 5.74) is 1.05. The molecule has 0 aliphatic rings. The number of anilines is 2. The summed E-state index contributed by atoms with van der Waals surface area (Å²) in [5.74, 6) is 2.74. The van der Waals surface area contributed by atoms with Crippen molar-refractivity contribution in [2.45, 2.75) is 47.0 Å². The third-order valence-corrected chi connectivity index (χ3v) is 2.51. The molecule has 1 rings (SSSR count). The minimum atomic E-state index is -0.0396. The molecule has 0 unspecified atom stereocenters. The smallest absolute Gasteiger partial charge is 0.138 e. The molecule has 0 aromatic carbocycles. The molecule has 1 aromatic heterocycles. The Bertz CT molecular complexity index is 352. The van der Waals surface area contributed by atoms with Crippen molar-refractivity contribution in [3.05, 3.63) is 11.4 Å². The molecule has 1 heterocycles. The van der Waals surface area contributed by atoms with Gasteiger partial charge in [0.05, 0.1) is 0 Å². The van der Waals surface area contributed by atoms with E-state index in [1.54, 1.807) is 0 Å². The monoisotopic (exact) mass is 236 g/mol. The van der Waals surface area contributed by atoms with Crippen molar-refractivity contribution >= 4 is 11.6 Å². The zero-order valence-corrected chi connectivity index (χ0v) is 11.8. The second-order valence-electron chi connectivity index (χ2n) is 5.18. The second-order valence-corrected chi connectivity index (χ2v) is 5.18. The maximum atomic E-state index is 4.61. The Morgan fingerprint density at radius 2 is 1.35 bits per heavy atom. The van der Waals surface area contributed by atoms with Crippen LogP contribution in [0, 0.1) is 6.92 Å². The number of hydrogen-bond acceptors (Lipinski definition) is 4. The first-order valence-corrected chi connectivity index (χ1v) is 6.27. The standard InChI is InChI=1S/C13H24N4/c1-7-14-10-9(3)11(15-8-2)17-12(16-10)13(4,5)6/h7-8H2,1-6H3,(H2,14,15,16,17). The lowest BCUT2D eigenvalue weighted by Crippen LogP contribution is -2.20. The third kappa shape index (κ3) is 3.32. The lowest BCUT2D eigenvalue weighted by atomic mass is 9.95. The lowest BCUT2D eigenvalue weighted by Gasteiger charge is -2.21. The topological polar surface area (TPSA) is 49.8 Å². The van der Waals surface area contributed by atoms with Gasteiger partial charge in [-0.3, -0.25) is 0 Å². The lowest BCUT2D eigenvalue weighted by molar-refractivity contribution is 0.546. The van der Waals surface area contributed by atoms with Gasteiger partial charge >= 0.3 is 0 Å². The van der Waals surface area contributed by atoms with Crippen molar-refractivity contribution in [2.24, 2.45) is 0 Å². The second kappa shape index (κ2) is 5.34. The summed E-state index contributed by atoms with van der Waals surface area (Å²) in [4.78, 5) is 9.23. The Balaban J connectivity index is 3.26. The quantitative estimate of drug-likeness (QED) is 0.844. The highest BCUT2D eigenvalue weighted by Gasteiger charge is 2.20. The number of rotatable bonds is 4. The van der Waals surface area contributed by atoms with Gasteiger partial charge in [-0.25, -0.2) is 9.97 Å². The average molecular weight is 236 g/mol. The van der Waals surface area contributed by atoms with Crippen LogP contribution in [0.25, 0.3) is 0 Å². The molecule has 0 aliphatic heterocycles. The Morgan fingerprint density at radius 3 is 1.65 bits per heavy atom. The van der Waals surface area contributed by atoms with Gasteiger partial charge in [0.15, 0.2) is 0 Å². The maximum absolute atomic E-state index is 4.61. The molecule has 0 saturated carbocycles. The third-order valence-electron chi connectivity index (χ3n) is 2.51. The normalized spacial score (nSPS) is 11.4. The molecule has 0 spiro atoms. The van der Waals surface area contributed by atoms with E-state index in [1.165, 1.54) is 0 Å². The predicted octanol–water partition coefficient (Wildman–Crippen LogP) is 2.95. The van der Waals surface area contributed by atoms with Crippen molar-refractivity contribution in [2.75, 3.05) is 23.7 Å². The summed E-state index contributed by atoms with van der Waals surface area (Å²) in [6, 6.07) is 0. The van der Waals surface area contributed by atoms with Crippen molar-refractivity contribution < 1.29 is 0 Å². The van der Waals surface area contributed by atoms with E-state index >= 15 is 0 Å². The summed E-state index contributed by atoms with van der Waals surface area (Å²) >= 11 is 0. The number of nitrogens with one attached hydrogen (secondary N) is 2. The van der Waals surface area contributed by atoms with E-state index < -0.39 is 0 Å². The summed E-state index contributed by atoms with van der Waals surface area (Å²) in [6.07, 6.45) is 0. The predicted molar refractivity (Wildman–Crippen MR) is 73.8 cm³/mol. The number of nitrogens with zero attached hydrogens (tertiary/aromatic N) is 2. The van der Waals surface area contributed by atoms with E-state index in [0.29, 0.717) is 0 Å². The fourth-order valence-electron chi connectivity index (χ4n) is 1.53. The van der Waals surface area contributed by atoms with Crippen LogP contribution in [0.3, 0.4) is 0 Å². The van der Waals surface area contributed by atoms with Crippen LogP contribution in [-0.2, 0) is 5.41 Å². The molecule has 0 saturated heterocycles. The molecule has 96 valence electrons. The van der Waals surface area contributed by atoms with E-state index in [0.717, 1.165) is 36.1 Å². The summed E-state index contributed by atoms with van der Waals surface area (Å²) < 4.78 is 0. The van der Waals surface area contributed by atoms with Crippen LogP contribution in [0.5, 0.6) is 0 Å². The Labute approximate surface area is 104 Å². The minimum absolute atomic E-state index is 0.0396. The van der Waals surface area contributed by atoms with E-state index in [4.69, 9.17) is 0 Å². The van der Waals surface area contributed by atoms with Crippen molar-refractivity contribution in [3.8, 4) is 0 Å². The van der Waals surface area contributed by atoms with Gasteiger partial charge in [-0.15, -0.1) is 0 Å². The van der Waals surface area contributed by atoms with Gasteiger partial charge in [0.25, 0.3) is 0 Å². The largest absolute Gasteiger partial charge is 0.370 e. The van der Waals surface area contributed by atoms with E-state index in [9.17, 15) is 0 Å². The van der Waals surface area contributed by atoms with Gasteiger partial charge in [-0.1, -0.05) is 20.8 Å². The van der Waals surface area contributed by atoms with E-state index in [2.05, 4.69) is 55.2 Å². The molecule has 0 amide bonds. The first-order chi connectivity index (χ1) is 7.90. The van der Waals surface area contributed by atoms with Crippen molar-refractivity contribution in [1.29, 1.82) is 0 Å². The van der Waals surface area contributed by atoms with E-state index in [1.807, 2.05) is 6.92 Å². The molecule has 2 N–H and O–H groups in total. The van der Waals surface area contributed by atoms with Crippen molar-refractivity contribution in [1.82, 2.24) is 9.97 Å². The maximum Gasteiger partial charge on any atom is 0.138 e. The highest BCUT2D eigenvalue weighted by Crippen LogP contribution is 2.26. The summed E-state index contributed by atoms with van der Waals surface area (Å²) in [5, 5.41) is 6.59. The van der Waals surface area contributed by atoms with Crippen LogP contribution in [0.4, 0.5) is 11.6 Å². The molecule has 0 aliphatic carbocycles. The minimum Gasteiger partial charge on any atom is -0.370 e. The highest BCUT2D eigenvalue weighted by atomic mass is 15.1. The first-order valence-electron chi connectivity index (χ1n) is 6.27. The number of hydrogen-bond donors (Lipinski definition) is 2. The fourth-order valence-corrected chi connectivity index (χ4v) is 1.53. The van der Waals surface area contributed by atoms with Gasteiger partial charge in [0.1, 0.15) is 17.5 Å². The zero-order valence-electron chi connectivity index (χ0n) is 11.8. The summed E-state index contributed by atoms with van der Waals surface area (Å²) in [6.45, 7) is 14.3. The molecule has 0 radical (unpaired) electrons. The molecular formula is C13H24N4. The van der Waals surface area contributed by atoms with Crippen molar-refractivity contribution in [3.63, 3.8) is 0 Å². The molecule has 4 nitrogen and oxygen atoms in total. The van der Waals surface area contributed by atoms with Crippen LogP contribution in [0.1, 0.15) is 46.0 Å². The van der Waals surface area contributed by atoms with Crippen LogP contribution in [0.2, 0.25) is 0 Å². The Hall–Kier alpha value is -1.32. The first kappa shape index (κ1) is 13.7. The molecule has 4 heteroatoms. The molecule has 0 fully saturated rings. The van der Waals surface area contributed by atoms with Gasteiger partial charge < -0.3 is 10.6 Å². The Morgan fingerprint density at radius 1 is 0.941 bits per heavy atom. The zero-order chi connectivity index (χ0) is 13.1. The van der Waals surface area contributed by atoms with Crippen LogP contribution in [-0.4, -0.2) is 23.1 Å². The van der Waals surface area contributed by atoms with Crippen LogP contribution in [0.15, 0.2) is 0 Å². The fraction of sp³-hybridized carbons (Fsp3) is 0.692. The average Bonchev–Trinajstić information content (AvgIpc) is 2.22. The molecular weight excluding hydrogens is 212 g/mol. The van der Waals surface area contributed by atoms with Gasteiger partial charge in [-0.2, -0.15) is 0 Å². The molecule has 0 bridgehead atoms. The molecule has 0 atom stereocenters. The molecule has 17 heavy (non-hydrogen) atoms. The molecule has 1 aromatic rings. The highest BCUT2D eigenvalue weighted by molar-refractivity contribution is 5.57. The van der Waals surface area contributed by atoms with Crippen LogP contribution >= 0.6 is 0 Å². The van der Waals surface area contributed by atoms with Gasteiger partial charge in [0.2, 0.25) is 0 Å². The van der Waals surface area contributed by atoms with Crippen LogP contribution < -0.4 is 10.6 Å². The summed E-state index contributed by atoms with van der Waals surface area (Å²) in [7, 11) is 0. The number of aromatic nitrogens is 2. The van der Waals surface area contributed by atoms with Gasteiger partial charge in [0, 0.05) is 24.1 Å². The SMILES string of the molecule is CCNc1nc(C(C)(C)C)nc(NCC)c1C. The van der Waals surface area contributed by atoms with E-state index in [-0.39, 0.29) is 5.41 Å². The Kier molecular flexibility index (Phi) is 4.32.